The highest BCUT2D eigenvalue weighted by atomic mass is 16.7. The lowest BCUT2D eigenvalue weighted by Gasteiger charge is -2.55. The average molecular weight is 497 g/mol. The van der Waals surface area contributed by atoms with Gasteiger partial charge in [0.15, 0.2) is 5.78 Å². The van der Waals surface area contributed by atoms with Gasteiger partial charge in [0.1, 0.15) is 24.4 Å². The lowest BCUT2D eigenvalue weighted by molar-refractivity contribution is -0.296. The number of ketones is 1. The lowest BCUT2D eigenvalue weighted by atomic mass is 9.47. The predicted octanol–water partition coefficient (Wildman–Crippen LogP) is 1.01. The maximum absolute atomic E-state index is 13.6. The quantitative estimate of drug-likeness (QED) is 0.257. The molecule has 9 nitrogen and oxygen atoms in total. The zero-order chi connectivity index (χ0) is 26.1. The van der Waals surface area contributed by atoms with Crippen molar-refractivity contribution in [2.75, 3.05) is 13.2 Å². The Morgan fingerprint density at radius 1 is 1.17 bits per heavy atom. The molecule has 1 saturated heterocycles. The van der Waals surface area contributed by atoms with Crippen molar-refractivity contribution in [2.24, 2.45) is 22.7 Å². The predicted molar refractivity (Wildman–Crippen MR) is 126 cm³/mol. The van der Waals surface area contributed by atoms with E-state index in [9.17, 15) is 35.1 Å². The Balaban J connectivity index is 1.87. The van der Waals surface area contributed by atoms with E-state index in [1.807, 2.05) is 13.8 Å². The summed E-state index contributed by atoms with van der Waals surface area (Å²) in [6.07, 6.45) is -0.865. The third-order valence-electron chi connectivity index (χ3n) is 8.51. The van der Waals surface area contributed by atoms with Crippen molar-refractivity contribution < 1.29 is 44.6 Å². The molecule has 9 heteroatoms. The zero-order valence-electron chi connectivity index (χ0n) is 21.0. The standard InChI is InChI=1S/C26H40O9/c1-14(8-11-27)6-7-16-15(2)12-17(29)22-25(16,3)9-5-10-26(22,4)24(33)35-23-21(32)20(31)19(30)18(13-28)34-23/h8,12,16,18-23,27-28,30-32H,5-7,9-11,13H2,1-4H3/b14-8+/t16-,18+,19+,20-,21+,22+,23-,25+,26-/m0/s1. The van der Waals surface area contributed by atoms with Gasteiger partial charge in [-0.15, -0.1) is 0 Å². The molecule has 2 aliphatic carbocycles. The number of carbonyl (C=O) groups is 2. The highest BCUT2D eigenvalue weighted by molar-refractivity contribution is 5.98. The molecule has 0 unspecified atom stereocenters. The minimum atomic E-state index is -1.70. The van der Waals surface area contributed by atoms with Crippen LogP contribution >= 0.6 is 0 Å². The number of fused-ring (bicyclic) bond motifs is 1. The number of hydrogen-bond acceptors (Lipinski definition) is 9. The second kappa shape index (κ2) is 10.8. The molecule has 3 aliphatic rings. The first-order valence-corrected chi connectivity index (χ1v) is 12.4. The van der Waals surface area contributed by atoms with Gasteiger partial charge in [-0.2, -0.15) is 0 Å². The van der Waals surface area contributed by atoms with Gasteiger partial charge in [-0.25, -0.2) is 0 Å². The van der Waals surface area contributed by atoms with Gasteiger partial charge >= 0.3 is 5.97 Å². The molecule has 198 valence electrons. The third kappa shape index (κ3) is 5.12. The van der Waals surface area contributed by atoms with Gasteiger partial charge in [0.2, 0.25) is 6.29 Å². The largest absolute Gasteiger partial charge is 0.432 e. The number of aliphatic hydroxyl groups excluding tert-OH is 5. The van der Waals surface area contributed by atoms with E-state index in [-0.39, 0.29) is 18.3 Å². The molecule has 1 saturated carbocycles. The Labute approximate surface area is 206 Å². The van der Waals surface area contributed by atoms with Crippen LogP contribution < -0.4 is 0 Å². The van der Waals surface area contributed by atoms with E-state index in [0.29, 0.717) is 12.8 Å². The molecular weight excluding hydrogens is 456 g/mol. The maximum atomic E-state index is 13.6. The van der Waals surface area contributed by atoms with Gasteiger partial charge < -0.3 is 35.0 Å². The molecule has 1 aliphatic heterocycles. The first kappa shape index (κ1) is 28.0. The van der Waals surface area contributed by atoms with E-state index in [1.54, 1.807) is 19.1 Å². The first-order valence-electron chi connectivity index (χ1n) is 12.4. The Bertz CT molecular complexity index is 865. The Hall–Kier alpha value is -1.62. The van der Waals surface area contributed by atoms with Gasteiger partial charge in [0.25, 0.3) is 0 Å². The van der Waals surface area contributed by atoms with Gasteiger partial charge in [0.05, 0.1) is 18.6 Å². The Morgan fingerprint density at radius 3 is 2.49 bits per heavy atom. The normalized spacial score (nSPS) is 42.3. The van der Waals surface area contributed by atoms with E-state index in [1.165, 1.54) is 0 Å². The number of rotatable bonds is 7. The smallest absolute Gasteiger partial charge is 0.314 e. The van der Waals surface area contributed by atoms with Gasteiger partial charge in [-0.1, -0.05) is 30.6 Å². The number of allylic oxidation sites excluding steroid dienone is 3. The summed E-state index contributed by atoms with van der Waals surface area (Å²) >= 11 is 0. The topological polar surface area (TPSA) is 154 Å². The van der Waals surface area contributed by atoms with Crippen LogP contribution in [-0.4, -0.2) is 81.2 Å². The summed E-state index contributed by atoms with van der Waals surface area (Å²) in [5, 5.41) is 49.0. The number of aliphatic hydroxyl groups is 5. The second-order valence-electron chi connectivity index (χ2n) is 10.9. The highest BCUT2D eigenvalue weighted by Gasteiger charge is 2.61. The lowest BCUT2D eigenvalue weighted by Crippen LogP contribution is -2.61. The SMILES string of the molecule is CC1=CC(=O)[C@@H]2[C@](C)(CCC[C@]2(C)C(=O)O[C@@H]2O[C@H](CO)[C@@H](O)[C@H](O)[C@H]2O)[C@H]1CC/C(C)=C/CO. The molecule has 5 N–H and O–H groups in total. The Morgan fingerprint density at radius 2 is 1.86 bits per heavy atom. The van der Waals surface area contributed by atoms with Crippen LogP contribution in [0.4, 0.5) is 0 Å². The molecule has 9 atom stereocenters. The molecule has 0 spiro atoms. The monoisotopic (exact) mass is 496 g/mol. The van der Waals surface area contributed by atoms with Crippen LogP contribution in [0.1, 0.15) is 59.8 Å². The van der Waals surface area contributed by atoms with Crippen LogP contribution in [0.3, 0.4) is 0 Å². The number of esters is 1. The first-order chi connectivity index (χ1) is 16.4. The molecule has 2 fully saturated rings. The molecule has 0 radical (unpaired) electrons. The fraction of sp³-hybridized carbons (Fsp3) is 0.769. The number of hydrogen-bond donors (Lipinski definition) is 5. The third-order valence-corrected chi connectivity index (χ3v) is 8.51. The summed E-state index contributed by atoms with van der Waals surface area (Å²) in [5.74, 6) is -1.42. The van der Waals surface area contributed by atoms with Gasteiger partial charge in [-0.05, 0) is 63.9 Å². The van der Waals surface area contributed by atoms with Crippen molar-refractivity contribution in [3.8, 4) is 0 Å². The van der Waals surface area contributed by atoms with Crippen LogP contribution in [0.2, 0.25) is 0 Å². The molecule has 0 aromatic rings. The number of ether oxygens (including phenoxy) is 2. The molecular formula is C26H40O9. The molecule has 1 heterocycles. The fourth-order valence-corrected chi connectivity index (χ4v) is 6.61. The molecule has 0 aromatic carbocycles. The maximum Gasteiger partial charge on any atom is 0.314 e. The summed E-state index contributed by atoms with van der Waals surface area (Å²) < 4.78 is 10.9. The highest BCUT2D eigenvalue weighted by Crippen LogP contribution is 2.60. The molecule has 3 rings (SSSR count). The van der Waals surface area contributed by atoms with Crippen LogP contribution in [0.5, 0.6) is 0 Å². The zero-order valence-corrected chi connectivity index (χ0v) is 21.0. The van der Waals surface area contributed by atoms with Crippen molar-refractivity contribution in [1.82, 2.24) is 0 Å². The second-order valence-corrected chi connectivity index (χ2v) is 10.9. The summed E-state index contributed by atoms with van der Waals surface area (Å²) in [4.78, 5) is 27.0. The van der Waals surface area contributed by atoms with Crippen molar-refractivity contribution in [3.63, 3.8) is 0 Å². The molecule has 35 heavy (non-hydrogen) atoms. The molecule has 0 aromatic heterocycles. The van der Waals surface area contributed by atoms with Crippen molar-refractivity contribution in [3.05, 3.63) is 23.3 Å². The summed E-state index contributed by atoms with van der Waals surface area (Å²) in [5.41, 5.74) is 0.376. The summed E-state index contributed by atoms with van der Waals surface area (Å²) in [7, 11) is 0. The van der Waals surface area contributed by atoms with Crippen LogP contribution in [0.25, 0.3) is 0 Å². The minimum Gasteiger partial charge on any atom is -0.432 e. The van der Waals surface area contributed by atoms with Crippen LogP contribution in [-0.2, 0) is 19.1 Å². The summed E-state index contributed by atoms with van der Waals surface area (Å²) in [6, 6.07) is 0. The summed E-state index contributed by atoms with van der Waals surface area (Å²) in [6.45, 7) is 7.03. The van der Waals surface area contributed by atoms with E-state index in [4.69, 9.17) is 9.47 Å². The van der Waals surface area contributed by atoms with Gasteiger partial charge in [-0.3, -0.25) is 9.59 Å². The minimum absolute atomic E-state index is 0.0223. The number of carbonyl (C=O) groups excluding carboxylic acids is 2. The average Bonchev–Trinajstić information content (AvgIpc) is 2.78. The van der Waals surface area contributed by atoms with E-state index in [2.05, 4.69) is 6.92 Å². The van der Waals surface area contributed by atoms with Gasteiger partial charge in [0, 0.05) is 5.92 Å². The van der Waals surface area contributed by atoms with Crippen molar-refractivity contribution in [2.45, 2.75) is 90.5 Å². The molecule has 0 bridgehead atoms. The fourth-order valence-electron chi connectivity index (χ4n) is 6.61. The Kier molecular flexibility index (Phi) is 8.61. The van der Waals surface area contributed by atoms with Crippen molar-refractivity contribution >= 4 is 11.8 Å². The van der Waals surface area contributed by atoms with E-state index < -0.39 is 60.0 Å². The van der Waals surface area contributed by atoms with Crippen LogP contribution in [0, 0.1) is 22.7 Å². The van der Waals surface area contributed by atoms with E-state index >= 15 is 0 Å². The van der Waals surface area contributed by atoms with Crippen molar-refractivity contribution in [1.29, 1.82) is 0 Å². The van der Waals surface area contributed by atoms with E-state index in [0.717, 1.165) is 30.4 Å². The molecule has 0 amide bonds. The van der Waals surface area contributed by atoms with Crippen LogP contribution in [0.15, 0.2) is 23.3 Å².